The highest BCUT2D eigenvalue weighted by Gasteiger charge is 2.20. The van der Waals surface area contributed by atoms with Gasteiger partial charge in [0.1, 0.15) is 23.0 Å². The van der Waals surface area contributed by atoms with Crippen molar-refractivity contribution in [3.8, 4) is 11.5 Å². The van der Waals surface area contributed by atoms with Crippen LogP contribution in [0.4, 0.5) is 5.82 Å². The van der Waals surface area contributed by atoms with Crippen LogP contribution in [0.3, 0.4) is 0 Å². The number of benzene rings is 2. The molecule has 0 radical (unpaired) electrons. The molecule has 1 unspecified atom stereocenters. The van der Waals surface area contributed by atoms with Gasteiger partial charge in [0.25, 0.3) is 5.91 Å². The largest absolute Gasteiger partial charge is 0.457 e. The van der Waals surface area contributed by atoms with Gasteiger partial charge in [0.15, 0.2) is 0 Å². The van der Waals surface area contributed by atoms with E-state index in [1.165, 1.54) is 17.5 Å². The summed E-state index contributed by atoms with van der Waals surface area (Å²) >= 11 is 0. The molecule has 1 aliphatic rings. The van der Waals surface area contributed by atoms with Gasteiger partial charge in [-0.05, 0) is 54.7 Å². The fraction of sp³-hybridized carbons (Fsp3) is 0.200. The molecule has 0 saturated heterocycles. The van der Waals surface area contributed by atoms with Crippen molar-refractivity contribution in [3.63, 3.8) is 0 Å². The van der Waals surface area contributed by atoms with Crippen molar-refractivity contribution in [2.45, 2.75) is 25.3 Å². The van der Waals surface area contributed by atoms with Crippen molar-refractivity contribution in [1.82, 2.24) is 15.3 Å². The molecule has 156 valence electrons. The lowest BCUT2D eigenvalue weighted by atomic mass is 9.88. The Labute approximate surface area is 180 Å². The van der Waals surface area contributed by atoms with Crippen LogP contribution >= 0.6 is 0 Å². The number of hydrogen-bond donors (Lipinski definition) is 3. The van der Waals surface area contributed by atoms with Gasteiger partial charge in [-0.25, -0.2) is 0 Å². The third-order valence-corrected chi connectivity index (χ3v) is 5.72. The molecule has 31 heavy (non-hydrogen) atoms. The van der Waals surface area contributed by atoms with Crippen molar-refractivity contribution in [2.24, 2.45) is 0 Å². The highest BCUT2D eigenvalue weighted by Crippen LogP contribution is 2.34. The number of fused-ring (bicyclic) bond motifs is 2. The first-order valence-electron chi connectivity index (χ1n) is 10.5. The summed E-state index contributed by atoms with van der Waals surface area (Å²) in [4.78, 5) is 19.3. The molecule has 5 rings (SSSR count). The minimum atomic E-state index is -0.245. The Morgan fingerprint density at radius 3 is 2.87 bits per heavy atom. The van der Waals surface area contributed by atoms with Crippen molar-refractivity contribution < 1.29 is 9.53 Å². The number of aromatic nitrogens is 2. The van der Waals surface area contributed by atoms with E-state index in [1.54, 1.807) is 25.4 Å². The van der Waals surface area contributed by atoms with Gasteiger partial charge in [-0.15, -0.1) is 0 Å². The van der Waals surface area contributed by atoms with Crippen LogP contribution in [-0.2, 0) is 6.42 Å². The first-order chi connectivity index (χ1) is 15.2. The highest BCUT2D eigenvalue weighted by molar-refractivity contribution is 5.92. The van der Waals surface area contributed by atoms with Crippen LogP contribution < -0.4 is 15.4 Å². The number of ether oxygens (including phenoxy) is 1. The second-order valence-corrected chi connectivity index (χ2v) is 7.78. The number of H-pyrrole nitrogens is 1. The van der Waals surface area contributed by atoms with E-state index in [-0.39, 0.29) is 5.91 Å². The van der Waals surface area contributed by atoms with E-state index < -0.39 is 0 Å². The SMILES string of the molecule is CNC(=O)c1cc(Oc2ccc3cc(NC4CCCc5ccccc54)[nH]c3c2)ccn1. The standard InChI is InChI=1S/C25H24N4O2/c1-26-25(30)23-15-19(11-12-27-23)31-18-10-9-17-13-24(29-22(17)14-18)28-21-8-4-6-16-5-2-3-7-20(16)21/h2-3,5,7,9-15,21,28-29H,4,6,8H2,1H3,(H,26,30). The van der Waals surface area contributed by atoms with Crippen LogP contribution in [0, 0.1) is 0 Å². The molecular formula is C25H24N4O2. The van der Waals surface area contributed by atoms with Gasteiger partial charge in [-0.2, -0.15) is 0 Å². The fourth-order valence-corrected chi connectivity index (χ4v) is 4.20. The Bertz CT molecular complexity index is 1250. The summed E-state index contributed by atoms with van der Waals surface area (Å²) in [7, 11) is 1.58. The average Bonchev–Trinajstić information content (AvgIpc) is 3.20. The van der Waals surface area contributed by atoms with Crippen LogP contribution in [0.1, 0.15) is 40.5 Å². The predicted molar refractivity (Wildman–Crippen MR) is 122 cm³/mol. The molecule has 1 atom stereocenters. The summed E-state index contributed by atoms with van der Waals surface area (Å²) < 4.78 is 5.97. The molecule has 0 fully saturated rings. The van der Waals surface area contributed by atoms with Crippen LogP contribution in [-0.4, -0.2) is 22.9 Å². The first-order valence-corrected chi connectivity index (χ1v) is 10.5. The van der Waals surface area contributed by atoms with Gasteiger partial charge in [0, 0.05) is 30.8 Å². The fourth-order valence-electron chi connectivity index (χ4n) is 4.20. The maximum absolute atomic E-state index is 11.8. The molecule has 0 spiro atoms. The zero-order valence-electron chi connectivity index (χ0n) is 17.3. The quantitative estimate of drug-likeness (QED) is 0.421. The number of aryl methyl sites for hydroxylation is 1. The maximum Gasteiger partial charge on any atom is 0.269 e. The van der Waals surface area contributed by atoms with Crippen LogP contribution in [0.5, 0.6) is 11.5 Å². The number of anilines is 1. The highest BCUT2D eigenvalue weighted by atomic mass is 16.5. The average molecular weight is 412 g/mol. The van der Waals surface area contributed by atoms with Crippen LogP contribution in [0.15, 0.2) is 66.9 Å². The minimum absolute atomic E-state index is 0.245. The molecule has 2 aromatic heterocycles. The van der Waals surface area contributed by atoms with Crippen LogP contribution in [0.2, 0.25) is 0 Å². The molecule has 2 heterocycles. The zero-order chi connectivity index (χ0) is 21.2. The summed E-state index contributed by atoms with van der Waals surface area (Å²) in [5.41, 5.74) is 4.14. The topological polar surface area (TPSA) is 79.0 Å². The Morgan fingerprint density at radius 1 is 1.10 bits per heavy atom. The Morgan fingerprint density at radius 2 is 1.97 bits per heavy atom. The summed E-state index contributed by atoms with van der Waals surface area (Å²) in [5, 5.41) is 7.35. The van der Waals surface area contributed by atoms with E-state index in [2.05, 4.69) is 50.9 Å². The van der Waals surface area contributed by atoms with E-state index in [4.69, 9.17) is 4.74 Å². The molecule has 4 aromatic rings. The number of nitrogens with one attached hydrogen (secondary N) is 3. The summed E-state index contributed by atoms with van der Waals surface area (Å²) in [6.07, 6.45) is 5.03. The molecule has 3 N–H and O–H groups in total. The summed E-state index contributed by atoms with van der Waals surface area (Å²) in [6, 6.07) is 20.4. The number of carbonyl (C=O) groups is 1. The molecule has 6 nitrogen and oxygen atoms in total. The van der Waals surface area contributed by atoms with Crippen molar-refractivity contribution >= 4 is 22.6 Å². The number of amides is 1. The molecular weight excluding hydrogens is 388 g/mol. The minimum Gasteiger partial charge on any atom is -0.457 e. The van der Waals surface area contributed by atoms with Gasteiger partial charge >= 0.3 is 0 Å². The van der Waals surface area contributed by atoms with E-state index in [0.717, 1.165) is 29.6 Å². The molecule has 2 aromatic carbocycles. The lowest BCUT2D eigenvalue weighted by Crippen LogP contribution is -2.18. The van der Waals surface area contributed by atoms with Crippen LogP contribution in [0.25, 0.3) is 10.9 Å². The van der Waals surface area contributed by atoms with E-state index in [1.807, 2.05) is 18.2 Å². The zero-order valence-corrected chi connectivity index (χ0v) is 17.3. The number of carbonyl (C=O) groups excluding carboxylic acids is 1. The molecule has 0 aliphatic heterocycles. The van der Waals surface area contributed by atoms with Crippen molar-refractivity contribution in [3.05, 3.63) is 83.7 Å². The number of rotatable bonds is 5. The van der Waals surface area contributed by atoms with E-state index in [9.17, 15) is 4.79 Å². The number of aromatic amines is 1. The molecule has 0 bridgehead atoms. The lowest BCUT2D eigenvalue weighted by molar-refractivity contribution is 0.0958. The third-order valence-electron chi connectivity index (χ3n) is 5.72. The number of nitrogens with zero attached hydrogens (tertiary/aromatic N) is 1. The Kier molecular flexibility index (Phi) is 5.04. The number of pyridine rings is 1. The Balaban J connectivity index is 1.36. The Hall–Kier alpha value is -3.80. The molecule has 1 amide bonds. The second kappa shape index (κ2) is 8.14. The first kappa shape index (κ1) is 19.2. The smallest absolute Gasteiger partial charge is 0.269 e. The predicted octanol–water partition coefficient (Wildman–Crippen LogP) is 5.20. The molecule has 0 saturated carbocycles. The monoisotopic (exact) mass is 412 g/mol. The van der Waals surface area contributed by atoms with Gasteiger partial charge in [0.05, 0.1) is 11.6 Å². The maximum atomic E-state index is 11.8. The second-order valence-electron chi connectivity index (χ2n) is 7.78. The van der Waals surface area contributed by atoms with E-state index >= 15 is 0 Å². The molecule has 6 heteroatoms. The van der Waals surface area contributed by atoms with Gasteiger partial charge in [-0.1, -0.05) is 24.3 Å². The van der Waals surface area contributed by atoms with Crippen molar-refractivity contribution in [1.29, 1.82) is 0 Å². The normalized spacial score (nSPS) is 15.3. The van der Waals surface area contributed by atoms with E-state index in [0.29, 0.717) is 23.2 Å². The number of hydrogen-bond acceptors (Lipinski definition) is 4. The van der Waals surface area contributed by atoms with Crippen molar-refractivity contribution in [2.75, 3.05) is 12.4 Å². The summed E-state index contributed by atoms with van der Waals surface area (Å²) in [5.74, 6) is 2.01. The van der Waals surface area contributed by atoms with Gasteiger partial charge in [0.2, 0.25) is 0 Å². The lowest BCUT2D eigenvalue weighted by Gasteiger charge is -2.26. The van der Waals surface area contributed by atoms with Gasteiger partial charge in [-0.3, -0.25) is 9.78 Å². The summed E-state index contributed by atoms with van der Waals surface area (Å²) in [6.45, 7) is 0. The third kappa shape index (κ3) is 3.97. The van der Waals surface area contributed by atoms with Gasteiger partial charge < -0.3 is 20.4 Å². The molecule has 1 aliphatic carbocycles.